The molecular weight excluding hydrogens is 230 g/mol. The first-order valence-corrected chi connectivity index (χ1v) is 7.68. The van der Waals surface area contributed by atoms with Gasteiger partial charge in [0.1, 0.15) is 0 Å². The Labute approximate surface area is 112 Å². The van der Waals surface area contributed by atoms with Crippen molar-refractivity contribution < 1.29 is 4.74 Å². The molecule has 0 amide bonds. The van der Waals surface area contributed by atoms with Crippen molar-refractivity contribution in [2.75, 3.05) is 32.5 Å². The number of likely N-dealkylation sites (tertiary alicyclic amines) is 1. The highest BCUT2D eigenvalue weighted by molar-refractivity contribution is 7.80. The second-order valence-corrected chi connectivity index (χ2v) is 6.46. The second-order valence-electron chi connectivity index (χ2n) is 6.14. The lowest BCUT2D eigenvalue weighted by molar-refractivity contribution is -0.0155. The summed E-state index contributed by atoms with van der Waals surface area (Å²) in [7, 11) is 1.86. The summed E-state index contributed by atoms with van der Waals surface area (Å²) in [5.74, 6) is 1.77. The summed E-state index contributed by atoms with van der Waals surface area (Å²) < 4.78 is 5.60. The van der Waals surface area contributed by atoms with Crippen molar-refractivity contribution >= 4 is 12.6 Å². The lowest BCUT2D eigenvalue weighted by Crippen LogP contribution is -2.48. The van der Waals surface area contributed by atoms with Gasteiger partial charge in [-0.25, -0.2) is 0 Å². The van der Waals surface area contributed by atoms with Crippen molar-refractivity contribution in [3.8, 4) is 0 Å². The molecule has 17 heavy (non-hydrogen) atoms. The van der Waals surface area contributed by atoms with E-state index in [-0.39, 0.29) is 0 Å². The zero-order valence-electron chi connectivity index (χ0n) is 11.3. The Bertz CT molecular complexity index is 240. The van der Waals surface area contributed by atoms with Gasteiger partial charge in [-0.15, -0.1) is 0 Å². The number of rotatable bonds is 4. The summed E-state index contributed by atoms with van der Waals surface area (Å²) in [4.78, 5) is 2.62. The molecule has 2 fully saturated rings. The van der Waals surface area contributed by atoms with E-state index < -0.39 is 0 Å². The van der Waals surface area contributed by atoms with Crippen LogP contribution >= 0.6 is 12.6 Å². The maximum atomic E-state index is 5.60. The van der Waals surface area contributed by atoms with Gasteiger partial charge in [0, 0.05) is 20.2 Å². The Kier molecular flexibility index (Phi) is 4.79. The van der Waals surface area contributed by atoms with Crippen LogP contribution in [0, 0.1) is 11.3 Å². The van der Waals surface area contributed by atoms with Crippen LogP contribution in [-0.2, 0) is 4.74 Å². The molecule has 1 saturated heterocycles. The van der Waals surface area contributed by atoms with Gasteiger partial charge >= 0.3 is 0 Å². The molecule has 3 heteroatoms. The normalized spacial score (nSPS) is 34.1. The van der Waals surface area contributed by atoms with Crippen LogP contribution < -0.4 is 0 Å². The van der Waals surface area contributed by atoms with Gasteiger partial charge in [-0.3, -0.25) is 0 Å². The predicted molar refractivity (Wildman–Crippen MR) is 75.8 cm³/mol. The van der Waals surface area contributed by atoms with Crippen molar-refractivity contribution in [1.29, 1.82) is 0 Å². The number of hydrogen-bond donors (Lipinski definition) is 1. The monoisotopic (exact) mass is 257 g/mol. The van der Waals surface area contributed by atoms with Gasteiger partial charge in [-0.05, 0) is 42.9 Å². The van der Waals surface area contributed by atoms with Crippen LogP contribution in [0.1, 0.15) is 39.0 Å². The zero-order valence-corrected chi connectivity index (χ0v) is 12.2. The summed E-state index contributed by atoms with van der Waals surface area (Å²) in [5.41, 5.74) is 0.502. The first kappa shape index (κ1) is 13.7. The largest absolute Gasteiger partial charge is 0.380 e. The van der Waals surface area contributed by atoms with Crippen molar-refractivity contribution in [1.82, 2.24) is 4.90 Å². The van der Waals surface area contributed by atoms with Crippen LogP contribution in [0.2, 0.25) is 0 Å². The molecule has 2 rings (SSSR count). The Morgan fingerprint density at radius 3 is 2.65 bits per heavy atom. The molecular formula is C14H27NOS. The lowest BCUT2D eigenvalue weighted by atomic mass is 9.86. The molecule has 2 atom stereocenters. The summed E-state index contributed by atoms with van der Waals surface area (Å²) in [6, 6.07) is 0. The maximum absolute atomic E-state index is 5.60. The highest BCUT2D eigenvalue weighted by atomic mass is 32.1. The third kappa shape index (κ3) is 3.18. The molecule has 2 nitrogen and oxygen atoms in total. The third-order valence-corrected chi connectivity index (χ3v) is 5.51. The van der Waals surface area contributed by atoms with Gasteiger partial charge < -0.3 is 9.64 Å². The van der Waals surface area contributed by atoms with Crippen LogP contribution in [0.4, 0.5) is 0 Å². The standard InChI is InChI=1S/C14H27NOS/c1-12-5-8-15(9-13(12)16-2)10-14(11-17)6-3-4-7-14/h12-13,17H,3-11H2,1-2H3. The van der Waals surface area contributed by atoms with E-state index in [1.54, 1.807) is 0 Å². The Hall–Kier alpha value is 0.270. The van der Waals surface area contributed by atoms with Gasteiger partial charge in [0.2, 0.25) is 0 Å². The molecule has 0 spiro atoms. The van der Waals surface area contributed by atoms with Crippen molar-refractivity contribution in [2.24, 2.45) is 11.3 Å². The first-order chi connectivity index (χ1) is 8.19. The van der Waals surface area contributed by atoms with Crippen molar-refractivity contribution in [3.63, 3.8) is 0 Å². The predicted octanol–water partition coefficient (Wildman–Crippen LogP) is 2.83. The molecule has 0 aromatic heterocycles. The number of nitrogens with zero attached hydrogens (tertiary/aromatic N) is 1. The fourth-order valence-corrected chi connectivity index (χ4v) is 3.93. The van der Waals surface area contributed by atoms with Crippen LogP contribution in [-0.4, -0.2) is 43.5 Å². The van der Waals surface area contributed by atoms with Crippen LogP contribution in [0.25, 0.3) is 0 Å². The smallest absolute Gasteiger partial charge is 0.0724 e. The fourth-order valence-electron chi connectivity index (χ4n) is 3.51. The van der Waals surface area contributed by atoms with Crippen molar-refractivity contribution in [3.05, 3.63) is 0 Å². The number of ether oxygens (including phenoxy) is 1. The van der Waals surface area contributed by atoms with Gasteiger partial charge in [0.05, 0.1) is 6.10 Å². The van der Waals surface area contributed by atoms with E-state index in [1.807, 2.05) is 7.11 Å². The van der Waals surface area contributed by atoms with E-state index in [9.17, 15) is 0 Å². The lowest BCUT2D eigenvalue weighted by Gasteiger charge is -2.41. The fraction of sp³-hybridized carbons (Fsp3) is 1.00. The van der Waals surface area contributed by atoms with E-state index in [0.29, 0.717) is 17.4 Å². The number of hydrogen-bond acceptors (Lipinski definition) is 3. The molecule has 1 saturated carbocycles. The summed E-state index contributed by atoms with van der Waals surface area (Å²) in [5, 5.41) is 0. The molecule has 0 N–H and O–H groups in total. The summed E-state index contributed by atoms with van der Waals surface area (Å²) >= 11 is 4.61. The minimum absolute atomic E-state index is 0.433. The van der Waals surface area contributed by atoms with Gasteiger partial charge in [0.15, 0.2) is 0 Å². The molecule has 0 bridgehead atoms. The topological polar surface area (TPSA) is 12.5 Å². The number of methoxy groups -OCH3 is 1. The van der Waals surface area contributed by atoms with Crippen LogP contribution in [0.5, 0.6) is 0 Å². The maximum Gasteiger partial charge on any atom is 0.0724 e. The van der Waals surface area contributed by atoms with Crippen LogP contribution in [0.15, 0.2) is 0 Å². The van der Waals surface area contributed by atoms with E-state index in [1.165, 1.54) is 45.2 Å². The second kappa shape index (κ2) is 5.94. The van der Waals surface area contributed by atoms with Gasteiger partial charge in [-0.2, -0.15) is 12.6 Å². The molecule has 1 aliphatic carbocycles. The summed E-state index contributed by atoms with van der Waals surface area (Å²) in [6.45, 7) is 5.92. The average Bonchev–Trinajstić information content (AvgIpc) is 2.81. The molecule has 2 aliphatic rings. The molecule has 2 unspecified atom stereocenters. The molecule has 100 valence electrons. The molecule has 0 aromatic rings. The third-order valence-electron chi connectivity index (χ3n) is 4.83. The number of thiol groups is 1. The molecule has 0 radical (unpaired) electrons. The SMILES string of the molecule is COC1CN(CC2(CS)CCCC2)CCC1C. The van der Waals surface area contributed by atoms with Gasteiger partial charge in [0.25, 0.3) is 0 Å². The Morgan fingerprint density at radius 1 is 1.35 bits per heavy atom. The quantitative estimate of drug-likeness (QED) is 0.778. The highest BCUT2D eigenvalue weighted by Crippen LogP contribution is 2.40. The molecule has 0 aromatic carbocycles. The first-order valence-electron chi connectivity index (χ1n) is 7.05. The summed E-state index contributed by atoms with van der Waals surface area (Å²) in [6.07, 6.45) is 7.26. The van der Waals surface area contributed by atoms with E-state index in [2.05, 4.69) is 24.5 Å². The minimum atomic E-state index is 0.433. The van der Waals surface area contributed by atoms with E-state index >= 15 is 0 Å². The average molecular weight is 257 g/mol. The Morgan fingerprint density at radius 2 is 2.06 bits per heavy atom. The van der Waals surface area contributed by atoms with E-state index in [4.69, 9.17) is 4.74 Å². The Balaban J connectivity index is 1.90. The highest BCUT2D eigenvalue weighted by Gasteiger charge is 2.36. The zero-order chi connectivity index (χ0) is 12.3. The molecule has 1 heterocycles. The minimum Gasteiger partial charge on any atom is -0.380 e. The van der Waals surface area contributed by atoms with Crippen molar-refractivity contribution in [2.45, 2.75) is 45.1 Å². The van der Waals surface area contributed by atoms with Gasteiger partial charge in [-0.1, -0.05) is 19.8 Å². The number of piperidine rings is 1. The van der Waals surface area contributed by atoms with Crippen LogP contribution in [0.3, 0.4) is 0 Å². The molecule has 1 aliphatic heterocycles. The van der Waals surface area contributed by atoms with E-state index in [0.717, 1.165) is 12.3 Å².